The molecule has 0 aliphatic heterocycles. The Balaban J connectivity index is 2.44. The van der Waals surface area contributed by atoms with Crippen LogP contribution in [0.1, 0.15) is 54.1 Å². The zero-order chi connectivity index (χ0) is 13.5. The Morgan fingerprint density at radius 3 is 2.72 bits per heavy atom. The van der Waals surface area contributed by atoms with Crippen molar-refractivity contribution in [3.05, 3.63) is 15.8 Å². The first-order valence-corrected chi connectivity index (χ1v) is 7.43. The van der Waals surface area contributed by atoms with Crippen molar-refractivity contribution in [1.29, 1.82) is 0 Å². The van der Waals surface area contributed by atoms with Crippen LogP contribution in [-0.4, -0.2) is 12.6 Å². The second-order valence-electron chi connectivity index (χ2n) is 4.64. The molecular formula is C14H23NO2S. The highest BCUT2D eigenvalue weighted by Gasteiger charge is 2.14. The molecule has 1 rings (SSSR count). The molecule has 1 aromatic heterocycles. The van der Waals surface area contributed by atoms with Crippen molar-refractivity contribution < 1.29 is 9.53 Å². The summed E-state index contributed by atoms with van der Waals surface area (Å²) in [5.41, 5.74) is 6.40. The van der Waals surface area contributed by atoms with Crippen molar-refractivity contribution in [2.45, 2.75) is 46.5 Å². The van der Waals surface area contributed by atoms with Gasteiger partial charge in [0.2, 0.25) is 0 Å². The third-order valence-electron chi connectivity index (χ3n) is 3.15. The highest BCUT2D eigenvalue weighted by Crippen LogP contribution is 2.24. The van der Waals surface area contributed by atoms with E-state index >= 15 is 0 Å². The van der Waals surface area contributed by atoms with E-state index in [2.05, 4.69) is 13.8 Å². The van der Waals surface area contributed by atoms with Crippen LogP contribution in [0.3, 0.4) is 0 Å². The number of rotatable bonds is 7. The second kappa shape index (κ2) is 7.41. The van der Waals surface area contributed by atoms with Crippen LogP contribution in [0.2, 0.25) is 0 Å². The topological polar surface area (TPSA) is 52.3 Å². The molecule has 1 atom stereocenters. The lowest BCUT2D eigenvalue weighted by Crippen LogP contribution is -2.13. The van der Waals surface area contributed by atoms with Gasteiger partial charge in [0.25, 0.3) is 0 Å². The number of hydrogen-bond donors (Lipinski definition) is 1. The van der Waals surface area contributed by atoms with Crippen molar-refractivity contribution in [3.8, 4) is 0 Å². The van der Waals surface area contributed by atoms with Gasteiger partial charge in [0.15, 0.2) is 0 Å². The number of esters is 1. The lowest BCUT2D eigenvalue weighted by Gasteiger charge is -2.14. The molecule has 1 aromatic rings. The summed E-state index contributed by atoms with van der Waals surface area (Å²) in [6.45, 7) is 6.75. The van der Waals surface area contributed by atoms with E-state index in [1.165, 1.54) is 24.2 Å². The zero-order valence-corrected chi connectivity index (χ0v) is 12.3. The molecule has 102 valence electrons. The summed E-state index contributed by atoms with van der Waals surface area (Å²) in [7, 11) is 0. The quantitative estimate of drug-likeness (QED) is 0.761. The number of ether oxygens (including phenoxy) is 1. The fraction of sp³-hybridized carbons (Fsp3) is 0.643. The summed E-state index contributed by atoms with van der Waals surface area (Å²) in [6, 6.07) is 1.70. The molecule has 0 aliphatic rings. The maximum absolute atomic E-state index is 11.8. The monoisotopic (exact) mass is 269 g/mol. The molecule has 0 aliphatic carbocycles. The minimum absolute atomic E-state index is 0.241. The van der Waals surface area contributed by atoms with Gasteiger partial charge in [-0.1, -0.05) is 33.1 Å². The predicted octanol–water partition coefficient (Wildman–Crippen LogP) is 4.01. The van der Waals surface area contributed by atoms with Gasteiger partial charge >= 0.3 is 5.97 Å². The van der Waals surface area contributed by atoms with Crippen LogP contribution < -0.4 is 5.73 Å². The van der Waals surface area contributed by atoms with Crippen molar-refractivity contribution in [1.82, 2.24) is 0 Å². The Labute approximate surface area is 113 Å². The van der Waals surface area contributed by atoms with E-state index in [4.69, 9.17) is 10.5 Å². The molecule has 0 fully saturated rings. The maximum Gasteiger partial charge on any atom is 0.348 e. The van der Waals surface area contributed by atoms with Gasteiger partial charge in [0, 0.05) is 10.6 Å². The smallest absolute Gasteiger partial charge is 0.348 e. The van der Waals surface area contributed by atoms with Gasteiger partial charge < -0.3 is 10.5 Å². The van der Waals surface area contributed by atoms with Crippen LogP contribution in [0.5, 0.6) is 0 Å². The molecular weight excluding hydrogens is 246 g/mol. The molecule has 3 nitrogen and oxygen atoms in total. The average molecular weight is 269 g/mol. The molecule has 0 amide bonds. The van der Waals surface area contributed by atoms with E-state index in [0.717, 1.165) is 17.7 Å². The predicted molar refractivity (Wildman–Crippen MR) is 77.1 cm³/mol. The lowest BCUT2D eigenvalue weighted by molar-refractivity contribution is 0.0434. The molecule has 0 saturated heterocycles. The first-order valence-electron chi connectivity index (χ1n) is 6.61. The Morgan fingerprint density at radius 1 is 1.50 bits per heavy atom. The molecule has 1 unspecified atom stereocenters. The summed E-state index contributed by atoms with van der Waals surface area (Å²) in [5.74, 6) is 0.238. The number of nitrogens with two attached hydrogens (primary N) is 1. The Hall–Kier alpha value is -1.03. The molecule has 4 heteroatoms. The highest BCUT2D eigenvalue weighted by molar-refractivity contribution is 7.14. The summed E-state index contributed by atoms with van der Waals surface area (Å²) < 4.78 is 5.36. The van der Waals surface area contributed by atoms with Crippen LogP contribution >= 0.6 is 11.3 Å². The van der Waals surface area contributed by atoms with Crippen LogP contribution in [0.25, 0.3) is 0 Å². The van der Waals surface area contributed by atoms with Crippen LogP contribution in [-0.2, 0) is 4.74 Å². The number of carbonyl (C=O) groups excluding carboxylic acids is 1. The van der Waals surface area contributed by atoms with E-state index in [1.54, 1.807) is 6.07 Å². The van der Waals surface area contributed by atoms with Gasteiger partial charge in [-0.05, 0) is 25.3 Å². The SMILES string of the molecule is CCCCC(CC)COC(=O)c1cc(N)c(C)s1. The Kier molecular flexibility index (Phi) is 6.19. The van der Waals surface area contributed by atoms with E-state index < -0.39 is 0 Å². The lowest BCUT2D eigenvalue weighted by atomic mass is 10.0. The van der Waals surface area contributed by atoms with Gasteiger partial charge in [-0.15, -0.1) is 11.3 Å². The van der Waals surface area contributed by atoms with Crippen molar-refractivity contribution in [3.63, 3.8) is 0 Å². The molecule has 18 heavy (non-hydrogen) atoms. The van der Waals surface area contributed by atoms with Crippen molar-refractivity contribution in [2.75, 3.05) is 12.3 Å². The molecule has 0 spiro atoms. The second-order valence-corrected chi connectivity index (χ2v) is 5.89. The third-order valence-corrected chi connectivity index (χ3v) is 4.20. The van der Waals surface area contributed by atoms with Crippen molar-refractivity contribution in [2.24, 2.45) is 5.92 Å². The van der Waals surface area contributed by atoms with E-state index in [0.29, 0.717) is 23.1 Å². The molecule has 2 N–H and O–H groups in total. The summed E-state index contributed by atoms with van der Waals surface area (Å²) in [4.78, 5) is 13.4. The van der Waals surface area contributed by atoms with E-state index in [-0.39, 0.29) is 5.97 Å². The minimum Gasteiger partial charge on any atom is -0.461 e. The highest BCUT2D eigenvalue weighted by atomic mass is 32.1. The van der Waals surface area contributed by atoms with Crippen molar-refractivity contribution >= 4 is 23.0 Å². The number of anilines is 1. The zero-order valence-electron chi connectivity index (χ0n) is 11.5. The fourth-order valence-electron chi connectivity index (χ4n) is 1.76. The van der Waals surface area contributed by atoms with E-state index in [1.807, 2.05) is 6.92 Å². The molecule has 0 saturated carbocycles. The molecule has 0 aromatic carbocycles. The van der Waals surface area contributed by atoms with Gasteiger partial charge in [0.1, 0.15) is 4.88 Å². The Bertz CT molecular complexity index is 368. The van der Waals surface area contributed by atoms with Crippen LogP contribution in [0.4, 0.5) is 5.69 Å². The standard InChI is InChI=1S/C14H23NO2S/c1-4-6-7-11(5-2)9-17-14(16)13-8-12(15)10(3)18-13/h8,11H,4-7,9,15H2,1-3H3. The number of carbonyl (C=O) groups is 1. The van der Waals surface area contributed by atoms with Crippen LogP contribution in [0.15, 0.2) is 6.07 Å². The van der Waals surface area contributed by atoms with Gasteiger partial charge in [0.05, 0.1) is 6.61 Å². The third kappa shape index (κ3) is 4.33. The molecule has 1 heterocycles. The molecule has 0 bridgehead atoms. The summed E-state index contributed by atoms with van der Waals surface area (Å²) in [5, 5.41) is 0. The van der Waals surface area contributed by atoms with Crippen LogP contribution in [0, 0.1) is 12.8 Å². The normalized spacial score (nSPS) is 12.4. The molecule has 0 radical (unpaired) electrons. The number of thiophene rings is 1. The van der Waals surface area contributed by atoms with Gasteiger partial charge in [-0.3, -0.25) is 0 Å². The summed E-state index contributed by atoms with van der Waals surface area (Å²) >= 11 is 1.40. The number of nitrogen functional groups attached to an aromatic ring is 1. The van der Waals surface area contributed by atoms with E-state index in [9.17, 15) is 4.79 Å². The first kappa shape index (κ1) is 15.0. The Morgan fingerprint density at radius 2 is 2.22 bits per heavy atom. The maximum atomic E-state index is 11.8. The van der Waals surface area contributed by atoms with Gasteiger partial charge in [-0.25, -0.2) is 4.79 Å². The first-order chi connectivity index (χ1) is 8.58. The minimum atomic E-state index is -0.241. The summed E-state index contributed by atoms with van der Waals surface area (Å²) in [6.07, 6.45) is 4.57. The number of aryl methyl sites for hydroxylation is 1. The number of unbranched alkanes of at least 4 members (excludes halogenated alkanes) is 1. The average Bonchev–Trinajstić information content (AvgIpc) is 2.70. The largest absolute Gasteiger partial charge is 0.461 e. The van der Waals surface area contributed by atoms with Gasteiger partial charge in [-0.2, -0.15) is 0 Å². The fourth-order valence-corrected chi connectivity index (χ4v) is 2.59. The number of hydrogen-bond acceptors (Lipinski definition) is 4.